The number of hydrogen-bond acceptors (Lipinski definition) is 2. The summed E-state index contributed by atoms with van der Waals surface area (Å²) in [7, 11) is 1.59. The number of para-hydroxylation sites is 1. The van der Waals surface area contributed by atoms with Gasteiger partial charge >= 0.3 is 0 Å². The molecule has 162 valence electrons. The van der Waals surface area contributed by atoms with Gasteiger partial charge in [-0.1, -0.05) is 70.5 Å². The highest BCUT2D eigenvalue weighted by molar-refractivity contribution is 9.10. The van der Waals surface area contributed by atoms with Gasteiger partial charge in [0.15, 0.2) is 0 Å². The number of nitrogens with zero attached hydrogens (tertiary/aromatic N) is 2. The summed E-state index contributed by atoms with van der Waals surface area (Å²) in [6.07, 6.45) is 2.06. The van der Waals surface area contributed by atoms with Crippen molar-refractivity contribution in [3.63, 3.8) is 0 Å². The van der Waals surface area contributed by atoms with Crippen LogP contribution in [0.1, 0.15) is 27.2 Å². The van der Waals surface area contributed by atoms with Crippen molar-refractivity contribution in [1.29, 1.82) is 0 Å². The van der Waals surface area contributed by atoms with Crippen LogP contribution in [0.2, 0.25) is 0 Å². The van der Waals surface area contributed by atoms with Gasteiger partial charge in [-0.15, -0.1) is 0 Å². The number of carbonyl (C=O) groups excluding carboxylic acids is 1. The Morgan fingerprint density at radius 1 is 0.844 bits per heavy atom. The molecule has 0 saturated carbocycles. The minimum Gasteiger partial charge on any atom is -0.496 e. The zero-order chi connectivity index (χ0) is 22.3. The number of benzene rings is 3. The van der Waals surface area contributed by atoms with Crippen molar-refractivity contribution in [2.75, 3.05) is 7.11 Å². The molecule has 4 nitrogen and oxygen atoms in total. The molecule has 1 amide bonds. The first-order valence-corrected chi connectivity index (χ1v) is 11.3. The monoisotopic (exact) mass is 488 g/mol. The van der Waals surface area contributed by atoms with Crippen LogP contribution >= 0.6 is 15.9 Å². The zero-order valence-electron chi connectivity index (χ0n) is 17.9. The number of hydrogen-bond donors (Lipinski definition) is 0. The van der Waals surface area contributed by atoms with E-state index in [9.17, 15) is 4.79 Å². The Kier molecular flexibility index (Phi) is 7.07. The maximum absolute atomic E-state index is 13.6. The van der Waals surface area contributed by atoms with Crippen LogP contribution in [0.25, 0.3) is 0 Å². The second kappa shape index (κ2) is 10.3. The van der Waals surface area contributed by atoms with E-state index in [1.165, 1.54) is 5.56 Å². The van der Waals surface area contributed by atoms with Gasteiger partial charge in [-0.05, 0) is 47.5 Å². The summed E-state index contributed by atoms with van der Waals surface area (Å²) in [6.45, 7) is 1.76. The lowest BCUT2D eigenvalue weighted by molar-refractivity contribution is 0.0723. The molecule has 1 aromatic heterocycles. The van der Waals surface area contributed by atoms with Crippen LogP contribution in [0, 0.1) is 0 Å². The third-order valence-corrected chi connectivity index (χ3v) is 5.91. The second-order valence-corrected chi connectivity index (χ2v) is 8.52. The molecule has 0 aliphatic heterocycles. The fraction of sp³-hybridized carbons (Fsp3) is 0.148. The minimum absolute atomic E-state index is 0.0531. The first-order chi connectivity index (χ1) is 15.6. The summed E-state index contributed by atoms with van der Waals surface area (Å²) in [4.78, 5) is 15.5. The van der Waals surface area contributed by atoms with Gasteiger partial charge in [0.05, 0.1) is 19.2 Å². The van der Waals surface area contributed by atoms with Crippen molar-refractivity contribution >= 4 is 21.8 Å². The fourth-order valence-corrected chi connectivity index (χ4v) is 3.99. The Bertz CT molecular complexity index is 1170. The first kappa shape index (κ1) is 21.9. The maximum Gasteiger partial charge on any atom is 0.258 e. The van der Waals surface area contributed by atoms with Gasteiger partial charge in [-0.25, -0.2) is 0 Å². The third kappa shape index (κ3) is 5.29. The number of aromatic nitrogens is 1. The van der Waals surface area contributed by atoms with E-state index in [0.717, 1.165) is 22.3 Å². The molecule has 0 N–H and O–H groups in total. The molecule has 3 aromatic carbocycles. The average molecular weight is 489 g/mol. The number of halogens is 1. The smallest absolute Gasteiger partial charge is 0.258 e. The number of methoxy groups -OCH3 is 1. The molecule has 0 aliphatic rings. The van der Waals surface area contributed by atoms with Gasteiger partial charge in [-0.2, -0.15) is 0 Å². The van der Waals surface area contributed by atoms with Gasteiger partial charge < -0.3 is 14.2 Å². The van der Waals surface area contributed by atoms with Crippen LogP contribution in [0.3, 0.4) is 0 Å². The van der Waals surface area contributed by atoms with Crippen molar-refractivity contribution in [2.24, 2.45) is 0 Å². The summed E-state index contributed by atoms with van der Waals surface area (Å²) < 4.78 is 8.71. The van der Waals surface area contributed by atoms with Gasteiger partial charge in [0.25, 0.3) is 5.91 Å². The van der Waals surface area contributed by atoms with E-state index in [1.807, 2.05) is 77.7 Å². The van der Waals surface area contributed by atoms with Crippen molar-refractivity contribution in [2.45, 2.75) is 19.6 Å². The zero-order valence-corrected chi connectivity index (χ0v) is 19.5. The van der Waals surface area contributed by atoms with E-state index < -0.39 is 0 Å². The molecule has 4 rings (SSSR count). The van der Waals surface area contributed by atoms with Crippen molar-refractivity contribution in [3.05, 3.63) is 124 Å². The van der Waals surface area contributed by atoms with Crippen LogP contribution in [0.4, 0.5) is 0 Å². The van der Waals surface area contributed by atoms with E-state index in [4.69, 9.17) is 4.74 Å². The largest absolute Gasteiger partial charge is 0.496 e. The average Bonchev–Trinajstić information content (AvgIpc) is 3.26. The molecule has 1 heterocycles. The highest BCUT2D eigenvalue weighted by atomic mass is 79.9. The predicted molar refractivity (Wildman–Crippen MR) is 131 cm³/mol. The molecule has 0 fully saturated rings. The molecule has 0 radical (unpaired) electrons. The molecule has 0 bridgehead atoms. The lowest BCUT2D eigenvalue weighted by atomic mass is 10.1. The number of rotatable bonds is 8. The van der Waals surface area contributed by atoms with Crippen LogP contribution in [0.5, 0.6) is 5.75 Å². The van der Waals surface area contributed by atoms with E-state index in [2.05, 4.69) is 44.9 Å². The quantitative estimate of drug-likeness (QED) is 0.298. The van der Waals surface area contributed by atoms with Gasteiger partial charge in [0.2, 0.25) is 0 Å². The van der Waals surface area contributed by atoms with Crippen LogP contribution in [-0.2, 0) is 19.6 Å². The fourth-order valence-electron chi connectivity index (χ4n) is 3.72. The lowest BCUT2D eigenvalue weighted by Crippen LogP contribution is -2.31. The predicted octanol–water partition coefficient (Wildman–Crippen LogP) is 6.15. The standard InChI is InChI=1S/C27H25BrN2O2/c1-32-26-12-6-5-11-25(26)27(31)30(19-21-8-3-2-4-9-21)20-24-10-7-17-29(24)18-22-13-15-23(28)16-14-22/h2-17H,18-20H2,1H3. The van der Waals surface area contributed by atoms with Crippen molar-refractivity contribution in [3.8, 4) is 5.75 Å². The Balaban J connectivity index is 1.62. The van der Waals surface area contributed by atoms with Gasteiger partial charge in [-0.3, -0.25) is 4.79 Å². The molecule has 0 aliphatic carbocycles. The van der Waals surface area contributed by atoms with E-state index in [-0.39, 0.29) is 5.91 Å². The Morgan fingerprint density at radius 3 is 2.31 bits per heavy atom. The lowest BCUT2D eigenvalue weighted by Gasteiger charge is -2.25. The maximum atomic E-state index is 13.6. The van der Waals surface area contributed by atoms with E-state index in [1.54, 1.807) is 7.11 Å². The summed E-state index contributed by atoms with van der Waals surface area (Å²) >= 11 is 3.49. The van der Waals surface area contributed by atoms with Gasteiger partial charge in [0, 0.05) is 29.5 Å². The highest BCUT2D eigenvalue weighted by Crippen LogP contribution is 2.22. The van der Waals surface area contributed by atoms with Crippen molar-refractivity contribution in [1.82, 2.24) is 9.47 Å². The summed E-state index contributed by atoms with van der Waals surface area (Å²) in [5.41, 5.74) is 3.93. The molecule has 0 saturated heterocycles. The molecule has 32 heavy (non-hydrogen) atoms. The summed E-state index contributed by atoms with van der Waals surface area (Å²) in [6, 6.07) is 29.9. The topological polar surface area (TPSA) is 34.5 Å². The Hall–Kier alpha value is -3.31. The Labute approximate surface area is 197 Å². The molecular formula is C27H25BrN2O2. The SMILES string of the molecule is COc1ccccc1C(=O)N(Cc1ccccc1)Cc1cccn1Cc1ccc(Br)cc1. The number of amides is 1. The molecule has 5 heteroatoms. The van der Waals surface area contributed by atoms with Crippen molar-refractivity contribution < 1.29 is 9.53 Å². The molecular weight excluding hydrogens is 464 g/mol. The third-order valence-electron chi connectivity index (χ3n) is 5.38. The summed E-state index contributed by atoms with van der Waals surface area (Å²) in [5.74, 6) is 0.531. The first-order valence-electron chi connectivity index (χ1n) is 10.5. The second-order valence-electron chi connectivity index (χ2n) is 7.60. The number of carbonyl (C=O) groups is 1. The van der Waals surface area contributed by atoms with E-state index in [0.29, 0.717) is 24.4 Å². The minimum atomic E-state index is -0.0531. The molecule has 0 spiro atoms. The van der Waals surface area contributed by atoms with Crippen LogP contribution < -0.4 is 4.74 Å². The van der Waals surface area contributed by atoms with Crippen LogP contribution in [0.15, 0.2) is 102 Å². The number of ether oxygens (including phenoxy) is 1. The molecule has 0 atom stereocenters. The highest BCUT2D eigenvalue weighted by Gasteiger charge is 2.21. The normalized spacial score (nSPS) is 10.7. The van der Waals surface area contributed by atoms with Crippen LogP contribution in [-0.4, -0.2) is 22.5 Å². The van der Waals surface area contributed by atoms with E-state index >= 15 is 0 Å². The Morgan fingerprint density at radius 2 is 1.56 bits per heavy atom. The molecule has 4 aromatic rings. The summed E-state index contributed by atoms with van der Waals surface area (Å²) in [5, 5.41) is 0. The molecule has 0 unspecified atom stereocenters. The van der Waals surface area contributed by atoms with Gasteiger partial charge in [0.1, 0.15) is 5.75 Å².